The van der Waals surface area contributed by atoms with E-state index in [1.54, 1.807) is 0 Å². The molecule has 0 aliphatic carbocycles. The summed E-state index contributed by atoms with van der Waals surface area (Å²) >= 11 is 0. The van der Waals surface area contributed by atoms with Crippen molar-refractivity contribution >= 4 is 11.9 Å². The van der Waals surface area contributed by atoms with Crippen LogP contribution in [0.5, 0.6) is 0 Å². The second-order valence-corrected chi connectivity index (χ2v) is 1.15. The third-order valence-corrected chi connectivity index (χ3v) is 0.333. The molecule has 7 heteroatoms. The van der Waals surface area contributed by atoms with Crippen LogP contribution in [0.2, 0.25) is 0 Å². The molecule has 0 saturated carbocycles. The van der Waals surface area contributed by atoms with Crippen molar-refractivity contribution in [1.29, 1.82) is 0 Å². The van der Waals surface area contributed by atoms with Gasteiger partial charge in [0.2, 0.25) is 0 Å². The summed E-state index contributed by atoms with van der Waals surface area (Å²) in [6.07, 6.45) is 0. The van der Waals surface area contributed by atoms with Gasteiger partial charge in [-0.25, -0.2) is 0 Å². The molecule has 0 unspecified atom stereocenters. The molecule has 0 radical (unpaired) electrons. The normalized spacial score (nSPS) is 6.73. The Hall–Kier alpha value is -0.517. The molecule has 0 saturated heterocycles. The average molecular weight is 214 g/mol. The van der Waals surface area contributed by atoms with Crippen molar-refractivity contribution in [2.45, 2.75) is 0 Å². The average Bonchev–Trinajstić information content (AvgIpc) is 1.89. The van der Waals surface area contributed by atoms with Crippen molar-refractivity contribution in [1.82, 2.24) is 0 Å². The minimum absolute atomic E-state index is 0. The molecule has 0 aromatic rings. The standard InChI is InChI=1S/2C2H5NO2.Zn/c2*3-1-2(4)5;/h2*1,3H2,(H,4,5);/q;;+2/p-2. The van der Waals surface area contributed by atoms with E-state index in [1.807, 2.05) is 0 Å². The number of nitrogens with two attached hydrogens (primary N) is 2. The summed E-state index contributed by atoms with van der Waals surface area (Å²) in [5, 5.41) is 18.3. The summed E-state index contributed by atoms with van der Waals surface area (Å²) in [6.45, 7) is -0.778. The summed E-state index contributed by atoms with van der Waals surface area (Å²) in [4.78, 5) is 18.3. The van der Waals surface area contributed by atoms with Gasteiger partial charge < -0.3 is 31.3 Å². The molecule has 0 rings (SSSR count). The van der Waals surface area contributed by atoms with E-state index in [4.69, 9.17) is 19.8 Å². The molecule has 4 N–H and O–H groups in total. The fraction of sp³-hybridized carbons (Fsp3) is 0.500. The zero-order valence-corrected chi connectivity index (χ0v) is 8.88. The van der Waals surface area contributed by atoms with Crippen molar-refractivity contribution in [2.24, 2.45) is 11.5 Å². The van der Waals surface area contributed by atoms with Gasteiger partial charge in [0.05, 0.1) is 11.9 Å². The van der Waals surface area contributed by atoms with Gasteiger partial charge in [-0.3, -0.25) is 0 Å². The van der Waals surface area contributed by atoms with Crippen molar-refractivity contribution in [3.63, 3.8) is 0 Å². The quantitative estimate of drug-likeness (QED) is 0.444. The van der Waals surface area contributed by atoms with Crippen LogP contribution >= 0.6 is 0 Å². The molecular weight excluding hydrogens is 205 g/mol. The van der Waals surface area contributed by atoms with Crippen molar-refractivity contribution in [2.75, 3.05) is 13.1 Å². The van der Waals surface area contributed by atoms with E-state index in [0.29, 0.717) is 0 Å². The first-order chi connectivity index (χ1) is 4.54. The van der Waals surface area contributed by atoms with Crippen LogP contribution in [0.3, 0.4) is 0 Å². The molecule has 0 aliphatic rings. The number of hydrogen-bond acceptors (Lipinski definition) is 6. The number of hydrogen-bond donors (Lipinski definition) is 2. The Morgan fingerprint density at radius 2 is 1.09 bits per heavy atom. The molecule has 0 amide bonds. The molecule has 0 heterocycles. The van der Waals surface area contributed by atoms with E-state index < -0.39 is 11.9 Å². The van der Waals surface area contributed by atoms with E-state index in [-0.39, 0.29) is 32.6 Å². The Morgan fingerprint density at radius 1 is 1.00 bits per heavy atom. The zero-order valence-electron chi connectivity index (χ0n) is 5.91. The van der Waals surface area contributed by atoms with Crippen molar-refractivity contribution < 1.29 is 39.3 Å². The first-order valence-corrected chi connectivity index (χ1v) is 2.34. The summed E-state index contributed by atoms with van der Waals surface area (Å²) in [5.41, 5.74) is 9.02. The number of aliphatic carboxylic acids is 2. The van der Waals surface area contributed by atoms with Crippen molar-refractivity contribution in [3.8, 4) is 0 Å². The van der Waals surface area contributed by atoms with Gasteiger partial charge in [-0.1, -0.05) is 0 Å². The van der Waals surface area contributed by atoms with Crippen molar-refractivity contribution in [3.05, 3.63) is 0 Å². The fourth-order valence-corrected chi connectivity index (χ4v) is 0. The third-order valence-electron chi connectivity index (χ3n) is 0.333. The van der Waals surface area contributed by atoms with E-state index in [9.17, 15) is 0 Å². The molecular formula is C4H8N2O4Zn. The number of carbonyl (C=O) groups is 2. The van der Waals surface area contributed by atoms with E-state index in [2.05, 4.69) is 11.5 Å². The Labute approximate surface area is 76.3 Å². The summed E-state index contributed by atoms with van der Waals surface area (Å²) in [5.74, 6) is -2.44. The van der Waals surface area contributed by atoms with Gasteiger partial charge in [0, 0.05) is 13.1 Å². The minimum Gasteiger partial charge on any atom is -0.549 e. The van der Waals surface area contributed by atoms with Crippen LogP contribution in [0.25, 0.3) is 0 Å². The van der Waals surface area contributed by atoms with Crippen LogP contribution in [-0.2, 0) is 29.1 Å². The summed E-state index contributed by atoms with van der Waals surface area (Å²) in [7, 11) is 0. The van der Waals surface area contributed by atoms with Crippen LogP contribution in [0.15, 0.2) is 0 Å². The molecule has 0 aromatic heterocycles. The molecule has 11 heavy (non-hydrogen) atoms. The molecule has 60 valence electrons. The smallest absolute Gasteiger partial charge is 0.549 e. The van der Waals surface area contributed by atoms with E-state index in [0.717, 1.165) is 0 Å². The van der Waals surface area contributed by atoms with Crippen LogP contribution in [0.4, 0.5) is 0 Å². The first kappa shape index (κ1) is 16.8. The molecule has 0 fully saturated rings. The number of carbonyl (C=O) groups excluding carboxylic acids is 2. The van der Waals surface area contributed by atoms with Crippen LogP contribution in [0, 0.1) is 0 Å². The van der Waals surface area contributed by atoms with E-state index in [1.165, 1.54) is 0 Å². The van der Waals surface area contributed by atoms with Gasteiger partial charge in [0.25, 0.3) is 0 Å². The largest absolute Gasteiger partial charge is 2.00 e. The maximum Gasteiger partial charge on any atom is 2.00 e. The Kier molecular flexibility index (Phi) is 18.7. The molecule has 6 nitrogen and oxygen atoms in total. The monoisotopic (exact) mass is 212 g/mol. The second-order valence-electron chi connectivity index (χ2n) is 1.15. The van der Waals surface area contributed by atoms with Gasteiger partial charge in [-0.05, 0) is 0 Å². The number of carboxylic acid groups (broad SMARTS) is 2. The second kappa shape index (κ2) is 12.2. The molecule has 0 aliphatic heterocycles. The summed E-state index contributed by atoms with van der Waals surface area (Å²) in [6, 6.07) is 0. The minimum atomic E-state index is -1.22. The molecule has 0 bridgehead atoms. The molecule has 0 atom stereocenters. The Bertz CT molecular complexity index is 105. The Balaban J connectivity index is -0.000000107. The maximum absolute atomic E-state index is 9.13. The third kappa shape index (κ3) is 43.8. The fourth-order valence-electron chi connectivity index (χ4n) is 0. The maximum atomic E-state index is 9.13. The molecule has 0 spiro atoms. The first-order valence-electron chi connectivity index (χ1n) is 2.34. The van der Waals surface area contributed by atoms with Gasteiger partial charge in [-0.2, -0.15) is 0 Å². The predicted octanol–water partition coefficient (Wildman–Crippen LogP) is -4.61. The predicted molar refractivity (Wildman–Crippen MR) is 28.1 cm³/mol. The van der Waals surface area contributed by atoms with Crippen LogP contribution in [-0.4, -0.2) is 25.0 Å². The SMILES string of the molecule is NCC(=O)[O-].NCC(=O)[O-].[Zn+2]. The van der Waals surface area contributed by atoms with Gasteiger partial charge >= 0.3 is 19.5 Å². The topological polar surface area (TPSA) is 132 Å². The van der Waals surface area contributed by atoms with Crippen LogP contribution in [0.1, 0.15) is 0 Å². The molecule has 0 aromatic carbocycles. The van der Waals surface area contributed by atoms with Gasteiger partial charge in [0.15, 0.2) is 0 Å². The Morgan fingerprint density at radius 3 is 1.09 bits per heavy atom. The number of rotatable bonds is 2. The zero-order chi connectivity index (χ0) is 8.57. The van der Waals surface area contributed by atoms with Crippen LogP contribution < -0.4 is 21.7 Å². The van der Waals surface area contributed by atoms with Gasteiger partial charge in [0.1, 0.15) is 0 Å². The van der Waals surface area contributed by atoms with Gasteiger partial charge in [-0.15, -0.1) is 0 Å². The van der Waals surface area contributed by atoms with E-state index >= 15 is 0 Å². The number of carboxylic acids is 2. The summed E-state index contributed by atoms with van der Waals surface area (Å²) < 4.78 is 0.